The topological polar surface area (TPSA) is 41.1 Å². The number of carbonyl (C=O) groups is 1. The Morgan fingerprint density at radius 1 is 1.33 bits per heavy atom. The van der Waals surface area contributed by atoms with E-state index in [1.54, 1.807) is 6.07 Å². The van der Waals surface area contributed by atoms with Crippen molar-refractivity contribution in [3.63, 3.8) is 0 Å². The second-order valence-corrected chi connectivity index (χ2v) is 6.91. The van der Waals surface area contributed by atoms with Crippen molar-refractivity contribution in [2.75, 3.05) is 19.6 Å². The highest BCUT2D eigenvalue weighted by atomic mass is 35.5. The summed E-state index contributed by atoms with van der Waals surface area (Å²) in [5.41, 5.74) is 1.28. The van der Waals surface area contributed by atoms with Gasteiger partial charge in [0, 0.05) is 12.5 Å². The molecule has 1 aromatic carbocycles. The van der Waals surface area contributed by atoms with Crippen molar-refractivity contribution in [1.29, 1.82) is 0 Å². The summed E-state index contributed by atoms with van der Waals surface area (Å²) < 4.78 is 0. The number of carbonyl (C=O) groups excluding carboxylic acids is 1. The third-order valence-electron chi connectivity index (χ3n) is 4.83. The fourth-order valence-electron chi connectivity index (χ4n) is 3.38. The summed E-state index contributed by atoms with van der Waals surface area (Å²) in [6, 6.07) is 5.61. The molecule has 2 aliphatic rings. The van der Waals surface area contributed by atoms with Crippen molar-refractivity contribution in [2.45, 2.75) is 25.7 Å². The van der Waals surface area contributed by atoms with Gasteiger partial charge in [-0.2, -0.15) is 0 Å². The summed E-state index contributed by atoms with van der Waals surface area (Å²) in [4.78, 5) is 12.2. The van der Waals surface area contributed by atoms with Crippen LogP contribution in [0.1, 0.15) is 24.8 Å². The van der Waals surface area contributed by atoms with Crippen LogP contribution in [0.4, 0.5) is 0 Å². The first-order valence-corrected chi connectivity index (χ1v) is 8.29. The van der Waals surface area contributed by atoms with Gasteiger partial charge in [-0.15, -0.1) is 0 Å². The van der Waals surface area contributed by atoms with Crippen LogP contribution in [0, 0.1) is 11.3 Å². The first kappa shape index (κ1) is 15.1. The van der Waals surface area contributed by atoms with Crippen LogP contribution >= 0.6 is 23.2 Å². The van der Waals surface area contributed by atoms with Gasteiger partial charge in [-0.05, 0) is 55.8 Å². The Kier molecular flexibility index (Phi) is 4.43. The third kappa shape index (κ3) is 3.20. The van der Waals surface area contributed by atoms with Gasteiger partial charge < -0.3 is 10.6 Å². The van der Waals surface area contributed by atoms with E-state index in [2.05, 4.69) is 10.6 Å². The molecule has 0 aromatic heterocycles. The third-order valence-corrected chi connectivity index (χ3v) is 5.69. The summed E-state index contributed by atoms with van der Waals surface area (Å²) in [6.45, 7) is 2.70. The fourth-order valence-corrected chi connectivity index (χ4v) is 3.80. The predicted molar refractivity (Wildman–Crippen MR) is 85.8 cm³/mol. The van der Waals surface area contributed by atoms with Crippen molar-refractivity contribution < 1.29 is 4.79 Å². The van der Waals surface area contributed by atoms with E-state index < -0.39 is 0 Å². The van der Waals surface area contributed by atoms with Crippen molar-refractivity contribution in [2.24, 2.45) is 11.3 Å². The predicted octanol–water partition coefficient (Wildman–Crippen LogP) is 3.04. The van der Waals surface area contributed by atoms with Crippen molar-refractivity contribution in [3.8, 4) is 0 Å². The Bertz CT molecular complexity index is 541. The molecule has 1 saturated carbocycles. The lowest BCUT2D eigenvalue weighted by Gasteiger charge is -2.23. The molecular weight excluding hydrogens is 307 g/mol. The Morgan fingerprint density at radius 3 is 2.86 bits per heavy atom. The van der Waals surface area contributed by atoms with Gasteiger partial charge in [0.25, 0.3) is 0 Å². The Morgan fingerprint density at radius 2 is 2.10 bits per heavy atom. The molecule has 0 radical (unpaired) electrons. The first-order chi connectivity index (χ1) is 10.1. The number of amides is 1. The fraction of sp³-hybridized carbons (Fsp3) is 0.562. The second kappa shape index (κ2) is 6.15. The molecule has 3 nitrogen and oxygen atoms in total. The monoisotopic (exact) mass is 326 g/mol. The average Bonchev–Trinajstić information content (AvgIpc) is 3.17. The minimum Gasteiger partial charge on any atom is -0.356 e. The molecule has 1 aliphatic carbocycles. The van der Waals surface area contributed by atoms with Crippen LogP contribution in [-0.4, -0.2) is 25.5 Å². The minimum atomic E-state index is 0.204. The number of benzene rings is 1. The maximum absolute atomic E-state index is 12.2. The van der Waals surface area contributed by atoms with E-state index in [9.17, 15) is 4.79 Å². The molecule has 1 heterocycles. The highest BCUT2D eigenvalue weighted by Crippen LogP contribution is 2.58. The summed E-state index contributed by atoms with van der Waals surface area (Å²) in [5.74, 6) is 0.421. The molecule has 1 saturated heterocycles. The Labute approximate surface area is 135 Å². The number of halogens is 2. The van der Waals surface area contributed by atoms with E-state index in [0.29, 0.717) is 28.4 Å². The molecule has 1 aliphatic heterocycles. The molecule has 1 amide bonds. The van der Waals surface area contributed by atoms with E-state index in [1.165, 1.54) is 0 Å². The van der Waals surface area contributed by atoms with Gasteiger partial charge in [0.15, 0.2) is 0 Å². The van der Waals surface area contributed by atoms with Gasteiger partial charge in [0.1, 0.15) is 0 Å². The lowest BCUT2D eigenvalue weighted by molar-refractivity contribution is -0.123. The molecule has 2 N–H and O–H groups in total. The molecule has 1 aromatic rings. The van der Waals surface area contributed by atoms with Crippen LogP contribution in [0.15, 0.2) is 18.2 Å². The largest absolute Gasteiger partial charge is 0.356 e. The van der Waals surface area contributed by atoms with Gasteiger partial charge >= 0.3 is 0 Å². The lowest BCUT2D eigenvalue weighted by Crippen LogP contribution is -2.34. The highest BCUT2D eigenvalue weighted by molar-refractivity contribution is 6.42. The molecule has 1 spiro atoms. The van der Waals surface area contributed by atoms with E-state index in [0.717, 1.165) is 37.9 Å². The van der Waals surface area contributed by atoms with Crippen LogP contribution in [-0.2, 0) is 11.2 Å². The zero-order valence-electron chi connectivity index (χ0n) is 11.9. The quantitative estimate of drug-likeness (QED) is 0.892. The molecule has 0 bridgehead atoms. The van der Waals surface area contributed by atoms with Gasteiger partial charge in [-0.25, -0.2) is 0 Å². The zero-order chi connectivity index (χ0) is 14.9. The standard InChI is InChI=1S/C16H20Cl2N2O/c17-13-3-1-2-11(14(13)18)4-7-20-15(21)12-10-16(12)5-8-19-9-6-16/h1-3,12,19H,4-10H2,(H,20,21)/t12-/m1/s1. The highest BCUT2D eigenvalue weighted by Gasteiger charge is 2.57. The molecular formula is C16H20Cl2N2O. The van der Waals surface area contributed by atoms with Crippen molar-refractivity contribution >= 4 is 29.1 Å². The van der Waals surface area contributed by atoms with E-state index in [4.69, 9.17) is 23.2 Å². The summed E-state index contributed by atoms with van der Waals surface area (Å²) >= 11 is 12.1. The van der Waals surface area contributed by atoms with E-state index in [-0.39, 0.29) is 11.8 Å². The number of rotatable bonds is 4. The minimum absolute atomic E-state index is 0.204. The Balaban J connectivity index is 1.48. The van der Waals surface area contributed by atoms with E-state index in [1.807, 2.05) is 12.1 Å². The first-order valence-electron chi connectivity index (χ1n) is 7.54. The van der Waals surface area contributed by atoms with Gasteiger partial charge in [-0.1, -0.05) is 35.3 Å². The lowest BCUT2D eigenvalue weighted by atomic mass is 9.92. The number of piperidine rings is 1. The number of nitrogens with one attached hydrogen (secondary N) is 2. The Hall–Kier alpha value is -0.770. The molecule has 2 fully saturated rings. The summed E-state index contributed by atoms with van der Waals surface area (Å²) in [7, 11) is 0. The van der Waals surface area contributed by atoms with Crippen LogP contribution in [0.2, 0.25) is 10.0 Å². The van der Waals surface area contributed by atoms with Crippen molar-refractivity contribution in [3.05, 3.63) is 33.8 Å². The number of hydrogen-bond donors (Lipinski definition) is 2. The zero-order valence-corrected chi connectivity index (χ0v) is 13.4. The summed E-state index contributed by atoms with van der Waals surface area (Å²) in [6.07, 6.45) is 4.03. The second-order valence-electron chi connectivity index (χ2n) is 6.12. The maximum atomic E-state index is 12.2. The smallest absolute Gasteiger partial charge is 0.223 e. The van der Waals surface area contributed by atoms with Crippen LogP contribution in [0.5, 0.6) is 0 Å². The van der Waals surface area contributed by atoms with Crippen molar-refractivity contribution in [1.82, 2.24) is 10.6 Å². The number of hydrogen-bond acceptors (Lipinski definition) is 2. The molecule has 5 heteroatoms. The molecule has 3 rings (SSSR count). The molecule has 21 heavy (non-hydrogen) atoms. The normalized spacial score (nSPS) is 23.0. The van der Waals surface area contributed by atoms with Crippen LogP contribution in [0.25, 0.3) is 0 Å². The van der Waals surface area contributed by atoms with E-state index >= 15 is 0 Å². The summed E-state index contributed by atoms with van der Waals surface area (Å²) in [5, 5.41) is 7.57. The maximum Gasteiger partial charge on any atom is 0.223 e. The average molecular weight is 327 g/mol. The SMILES string of the molecule is O=C(NCCc1cccc(Cl)c1Cl)[C@H]1CC12CCNCC2. The van der Waals surface area contributed by atoms with Gasteiger partial charge in [-0.3, -0.25) is 4.79 Å². The molecule has 0 unspecified atom stereocenters. The molecule has 114 valence electrons. The molecule has 1 atom stereocenters. The van der Waals surface area contributed by atoms with Gasteiger partial charge in [0.05, 0.1) is 10.0 Å². The van der Waals surface area contributed by atoms with Crippen LogP contribution < -0.4 is 10.6 Å². The van der Waals surface area contributed by atoms with Crippen LogP contribution in [0.3, 0.4) is 0 Å². The van der Waals surface area contributed by atoms with Gasteiger partial charge in [0.2, 0.25) is 5.91 Å².